The van der Waals surface area contributed by atoms with Crippen LogP contribution in [0.4, 0.5) is 15.1 Å². The van der Waals surface area contributed by atoms with Gasteiger partial charge in [-0.15, -0.1) is 11.3 Å². The Kier molecular flexibility index (Phi) is 5.01. The SMILES string of the molecule is NC(=O)C1CC(C(=O)Nc2sccc2C(=O)NC2CC2)=NN1c1ccc(F)cc1. The van der Waals surface area contributed by atoms with Gasteiger partial charge in [-0.2, -0.15) is 5.10 Å². The van der Waals surface area contributed by atoms with Crippen LogP contribution in [0.5, 0.6) is 0 Å². The van der Waals surface area contributed by atoms with Gasteiger partial charge >= 0.3 is 0 Å². The number of rotatable bonds is 6. The number of thiophene rings is 1. The Morgan fingerprint density at radius 3 is 2.52 bits per heavy atom. The monoisotopic (exact) mass is 415 g/mol. The molecule has 10 heteroatoms. The molecule has 4 N–H and O–H groups in total. The number of halogens is 1. The number of hydrogen-bond acceptors (Lipinski definition) is 6. The van der Waals surface area contributed by atoms with E-state index in [9.17, 15) is 18.8 Å². The predicted molar refractivity (Wildman–Crippen MR) is 107 cm³/mol. The summed E-state index contributed by atoms with van der Waals surface area (Å²) < 4.78 is 13.2. The minimum absolute atomic E-state index is 0.00746. The molecular weight excluding hydrogens is 397 g/mol. The maximum atomic E-state index is 13.2. The van der Waals surface area contributed by atoms with Crippen LogP contribution in [0.15, 0.2) is 40.8 Å². The number of amides is 3. The summed E-state index contributed by atoms with van der Waals surface area (Å²) in [5.41, 5.74) is 6.38. The third-order valence-electron chi connectivity index (χ3n) is 4.64. The van der Waals surface area contributed by atoms with Crippen LogP contribution in [0.25, 0.3) is 0 Å². The highest BCUT2D eigenvalue weighted by molar-refractivity contribution is 7.14. The third kappa shape index (κ3) is 4.11. The van der Waals surface area contributed by atoms with Crippen LogP contribution >= 0.6 is 11.3 Å². The Bertz CT molecular complexity index is 1000. The number of benzene rings is 1. The van der Waals surface area contributed by atoms with Gasteiger partial charge in [0.2, 0.25) is 5.91 Å². The molecule has 0 bridgehead atoms. The van der Waals surface area contributed by atoms with Crippen molar-refractivity contribution in [3.8, 4) is 0 Å². The van der Waals surface area contributed by atoms with Gasteiger partial charge in [0.1, 0.15) is 22.6 Å². The lowest BCUT2D eigenvalue weighted by molar-refractivity contribution is -0.119. The number of nitrogens with one attached hydrogen (secondary N) is 2. The second-order valence-corrected chi connectivity index (χ2v) is 7.77. The van der Waals surface area contributed by atoms with Gasteiger partial charge in [-0.05, 0) is 48.6 Å². The van der Waals surface area contributed by atoms with Gasteiger partial charge in [0.05, 0.1) is 11.3 Å². The van der Waals surface area contributed by atoms with Crippen LogP contribution in [0.3, 0.4) is 0 Å². The number of nitrogens with two attached hydrogens (primary N) is 1. The first-order chi connectivity index (χ1) is 13.9. The summed E-state index contributed by atoms with van der Waals surface area (Å²) in [5.74, 6) is -1.84. The molecule has 150 valence electrons. The van der Waals surface area contributed by atoms with Crippen molar-refractivity contribution in [1.29, 1.82) is 0 Å². The average Bonchev–Trinajstić information content (AvgIpc) is 3.19. The molecule has 1 aliphatic carbocycles. The average molecular weight is 415 g/mol. The number of nitrogens with zero attached hydrogens (tertiary/aromatic N) is 2. The van der Waals surface area contributed by atoms with Crippen LogP contribution in [0, 0.1) is 5.82 Å². The smallest absolute Gasteiger partial charge is 0.272 e. The van der Waals surface area contributed by atoms with Crippen molar-refractivity contribution in [3.63, 3.8) is 0 Å². The quantitative estimate of drug-likeness (QED) is 0.667. The molecule has 0 saturated heterocycles. The summed E-state index contributed by atoms with van der Waals surface area (Å²) in [4.78, 5) is 36.9. The van der Waals surface area contributed by atoms with E-state index >= 15 is 0 Å². The van der Waals surface area contributed by atoms with Crippen LogP contribution < -0.4 is 21.4 Å². The van der Waals surface area contributed by atoms with E-state index in [-0.39, 0.29) is 24.1 Å². The molecular formula is C19H18FN5O3S. The molecule has 0 spiro atoms. The number of primary amides is 1. The highest BCUT2D eigenvalue weighted by Gasteiger charge is 2.35. The molecule has 2 aromatic rings. The van der Waals surface area contributed by atoms with Gasteiger partial charge in [0.25, 0.3) is 11.8 Å². The summed E-state index contributed by atoms with van der Waals surface area (Å²) in [6.45, 7) is 0. The van der Waals surface area contributed by atoms with Gasteiger partial charge in [0, 0.05) is 12.5 Å². The second kappa shape index (κ2) is 7.63. The van der Waals surface area contributed by atoms with Crippen molar-refractivity contribution in [2.24, 2.45) is 10.8 Å². The molecule has 2 heterocycles. The molecule has 29 heavy (non-hydrogen) atoms. The third-order valence-corrected chi connectivity index (χ3v) is 5.47. The zero-order valence-corrected chi connectivity index (χ0v) is 16.0. The van der Waals surface area contributed by atoms with Crippen LogP contribution in [-0.2, 0) is 9.59 Å². The Labute approximate surface area is 169 Å². The van der Waals surface area contributed by atoms with Crippen molar-refractivity contribution in [3.05, 3.63) is 47.1 Å². The highest BCUT2D eigenvalue weighted by Crippen LogP contribution is 2.28. The van der Waals surface area contributed by atoms with Crippen LogP contribution in [-0.4, -0.2) is 35.5 Å². The number of hydrogen-bond donors (Lipinski definition) is 3. The van der Waals surface area contributed by atoms with Gasteiger partial charge < -0.3 is 16.4 Å². The van der Waals surface area contributed by atoms with E-state index in [0.717, 1.165) is 12.8 Å². The van der Waals surface area contributed by atoms with E-state index in [1.54, 1.807) is 11.4 Å². The van der Waals surface area contributed by atoms with Crippen molar-refractivity contribution in [2.75, 3.05) is 10.3 Å². The molecule has 3 amide bonds. The van der Waals surface area contributed by atoms with Crippen molar-refractivity contribution in [2.45, 2.75) is 31.3 Å². The van der Waals surface area contributed by atoms with E-state index in [4.69, 9.17) is 5.73 Å². The molecule has 1 aromatic heterocycles. The van der Waals surface area contributed by atoms with Crippen LogP contribution in [0.1, 0.15) is 29.6 Å². The lowest BCUT2D eigenvalue weighted by Gasteiger charge is -2.20. The molecule has 8 nitrogen and oxygen atoms in total. The van der Waals surface area contributed by atoms with Gasteiger partial charge in [-0.1, -0.05) is 0 Å². The number of carbonyl (C=O) groups excluding carboxylic acids is 3. The van der Waals surface area contributed by atoms with E-state index in [1.165, 1.54) is 40.6 Å². The molecule has 1 atom stereocenters. The summed E-state index contributed by atoms with van der Waals surface area (Å²) in [6, 6.07) is 6.36. The van der Waals surface area contributed by atoms with Gasteiger partial charge in [-0.25, -0.2) is 4.39 Å². The molecule has 1 unspecified atom stereocenters. The Hall–Kier alpha value is -3.27. The molecule has 1 aliphatic heterocycles. The highest BCUT2D eigenvalue weighted by atomic mass is 32.1. The Balaban J connectivity index is 1.52. The van der Waals surface area contributed by atoms with Gasteiger partial charge in [0.15, 0.2) is 0 Å². The summed E-state index contributed by atoms with van der Waals surface area (Å²) >= 11 is 1.22. The first kappa shape index (κ1) is 19.1. The fourth-order valence-corrected chi connectivity index (χ4v) is 3.73. The predicted octanol–water partition coefficient (Wildman–Crippen LogP) is 1.84. The topological polar surface area (TPSA) is 117 Å². The zero-order chi connectivity index (χ0) is 20.5. The Morgan fingerprint density at radius 2 is 1.86 bits per heavy atom. The fourth-order valence-electron chi connectivity index (χ4n) is 2.95. The fraction of sp³-hybridized carbons (Fsp3) is 0.263. The molecule has 1 fully saturated rings. The first-order valence-corrected chi connectivity index (χ1v) is 9.91. The summed E-state index contributed by atoms with van der Waals surface area (Å²) in [6.07, 6.45) is 1.93. The number of anilines is 2. The lowest BCUT2D eigenvalue weighted by atomic mass is 10.1. The van der Waals surface area contributed by atoms with Crippen molar-refractivity contribution >= 4 is 45.5 Å². The summed E-state index contributed by atoms with van der Waals surface area (Å²) in [5, 5.41) is 13.2. The van der Waals surface area contributed by atoms with E-state index in [1.807, 2.05) is 0 Å². The maximum Gasteiger partial charge on any atom is 0.272 e. The van der Waals surface area contributed by atoms with E-state index < -0.39 is 23.7 Å². The largest absolute Gasteiger partial charge is 0.368 e. The van der Waals surface area contributed by atoms with E-state index in [0.29, 0.717) is 16.3 Å². The number of carbonyl (C=O) groups is 3. The molecule has 2 aliphatic rings. The minimum atomic E-state index is -0.859. The van der Waals surface area contributed by atoms with E-state index in [2.05, 4.69) is 15.7 Å². The van der Waals surface area contributed by atoms with Crippen molar-refractivity contribution in [1.82, 2.24) is 5.32 Å². The van der Waals surface area contributed by atoms with Crippen LogP contribution in [0.2, 0.25) is 0 Å². The first-order valence-electron chi connectivity index (χ1n) is 9.03. The van der Waals surface area contributed by atoms with Crippen molar-refractivity contribution < 1.29 is 18.8 Å². The normalized spacial score (nSPS) is 18.3. The zero-order valence-electron chi connectivity index (χ0n) is 15.2. The number of hydrazone groups is 1. The van der Waals surface area contributed by atoms with Gasteiger partial charge in [-0.3, -0.25) is 19.4 Å². The second-order valence-electron chi connectivity index (χ2n) is 6.86. The molecule has 4 rings (SSSR count). The lowest BCUT2D eigenvalue weighted by Crippen LogP contribution is -2.39. The minimum Gasteiger partial charge on any atom is -0.368 e. The molecule has 1 aromatic carbocycles. The summed E-state index contributed by atoms with van der Waals surface area (Å²) in [7, 11) is 0. The molecule has 1 saturated carbocycles. The standard InChI is InChI=1S/C19H18FN5O3S/c20-10-1-5-12(6-2-10)25-15(16(21)26)9-14(24-25)18(28)23-19-13(7-8-29-19)17(27)22-11-3-4-11/h1-2,5-8,11,15H,3-4,9H2,(H2,21,26)(H,22,27)(H,23,28). The maximum absolute atomic E-state index is 13.2. The Morgan fingerprint density at radius 1 is 1.14 bits per heavy atom. The molecule has 0 radical (unpaired) electrons.